The summed E-state index contributed by atoms with van der Waals surface area (Å²) in [5.41, 5.74) is 3.04. The average Bonchev–Trinajstić information content (AvgIpc) is 3.47. The molecule has 3 heterocycles. The first-order valence-corrected chi connectivity index (χ1v) is 15.5. The molecule has 0 saturated carbocycles. The van der Waals surface area contributed by atoms with Crippen molar-refractivity contribution in [2.45, 2.75) is 51.4 Å². The van der Waals surface area contributed by atoms with E-state index in [2.05, 4.69) is 20.0 Å². The van der Waals surface area contributed by atoms with E-state index in [1.807, 2.05) is 30.3 Å². The minimum Gasteiger partial charge on any atom is -0.395 e. The van der Waals surface area contributed by atoms with E-state index in [0.29, 0.717) is 0 Å². The minimum absolute atomic E-state index is 0.0326. The van der Waals surface area contributed by atoms with Gasteiger partial charge in [0.15, 0.2) is 22.5 Å². The van der Waals surface area contributed by atoms with Crippen molar-refractivity contribution in [3.63, 3.8) is 0 Å². The number of rotatable bonds is 13. The summed E-state index contributed by atoms with van der Waals surface area (Å²) in [6.07, 6.45) is -2.72. The first-order valence-electron chi connectivity index (χ1n) is 13.0. The number of aromatic nitrogens is 4. The van der Waals surface area contributed by atoms with Crippen molar-refractivity contribution in [2.75, 3.05) is 31.3 Å². The lowest BCUT2D eigenvalue weighted by molar-refractivity contribution is -0.119. The lowest BCUT2D eigenvalue weighted by Crippen LogP contribution is -2.44. The number of benzene rings is 1. The van der Waals surface area contributed by atoms with E-state index in [4.69, 9.17) is 19.5 Å². The molecule has 0 bridgehead atoms. The number of imidazole rings is 1. The molecule has 17 heteroatoms. The highest BCUT2D eigenvalue weighted by atomic mass is 32.2. The predicted octanol–water partition coefficient (Wildman–Crippen LogP) is 0.921. The Morgan fingerprint density at radius 2 is 2.05 bits per heavy atom. The fraction of sp³-hybridized carbons (Fsp3) is 0.520. The van der Waals surface area contributed by atoms with Crippen molar-refractivity contribution < 1.29 is 38.5 Å². The molecule has 0 spiro atoms. The van der Waals surface area contributed by atoms with Crippen LogP contribution in [0.5, 0.6) is 0 Å². The summed E-state index contributed by atoms with van der Waals surface area (Å²) in [5.74, 6) is -0.0278. The predicted molar refractivity (Wildman–Crippen MR) is 154 cm³/mol. The van der Waals surface area contributed by atoms with Crippen LogP contribution in [0.1, 0.15) is 32.6 Å². The molecule has 3 aromatic rings. The van der Waals surface area contributed by atoms with Crippen molar-refractivity contribution in [1.82, 2.24) is 24.6 Å². The normalized spacial score (nSPS) is 24.2. The van der Waals surface area contributed by atoms with Crippen LogP contribution in [-0.2, 0) is 29.7 Å². The van der Waals surface area contributed by atoms with Gasteiger partial charge in [-0.25, -0.2) is 14.6 Å². The van der Waals surface area contributed by atoms with Crippen molar-refractivity contribution in [2.24, 2.45) is 5.41 Å². The first kappa shape index (κ1) is 32.3. The molecule has 5 atom stereocenters. The van der Waals surface area contributed by atoms with Crippen LogP contribution in [0.25, 0.3) is 11.2 Å². The highest BCUT2D eigenvalue weighted by molar-refractivity contribution is 8.13. The smallest absolute Gasteiger partial charge is 0.395 e. The third kappa shape index (κ3) is 7.10. The summed E-state index contributed by atoms with van der Waals surface area (Å²) in [6, 6.07) is 9.10. The van der Waals surface area contributed by atoms with Crippen molar-refractivity contribution in [3.05, 3.63) is 52.6 Å². The molecule has 15 nitrogen and oxygen atoms in total. The maximum absolute atomic E-state index is 13.7. The summed E-state index contributed by atoms with van der Waals surface area (Å²) in [6.45, 7) is 3.78. The number of thioether (sulfide) groups is 1. The Morgan fingerprint density at radius 3 is 2.74 bits per heavy atom. The zero-order valence-corrected chi connectivity index (χ0v) is 25.0. The second kappa shape index (κ2) is 12.9. The Labute approximate surface area is 245 Å². The Balaban J connectivity index is 1.46. The molecule has 7 N–H and O–H groups in total. The van der Waals surface area contributed by atoms with Crippen molar-refractivity contribution in [1.29, 1.82) is 0 Å². The number of carbonyl (C=O) groups excluding carboxylic acids is 1. The summed E-state index contributed by atoms with van der Waals surface area (Å²) >= 11 is 0.934. The van der Waals surface area contributed by atoms with E-state index in [1.54, 1.807) is 13.8 Å². The maximum Gasteiger partial charge on any atom is 0.405 e. The second-order valence-corrected chi connectivity index (χ2v) is 13.5. The number of hydrogen-bond acceptors (Lipinski definition) is 13. The fourth-order valence-electron chi connectivity index (χ4n) is 4.13. The number of nitrogens with zero attached hydrogens (tertiary/aromatic N) is 3. The number of nitrogens with two attached hydrogens (primary N) is 1. The molecule has 0 aliphatic carbocycles. The zero-order chi connectivity index (χ0) is 30.7. The van der Waals surface area contributed by atoms with E-state index in [9.17, 15) is 29.5 Å². The van der Waals surface area contributed by atoms with Crippen LogP contribution in [0, 0.1) is 5.41 Å². The Hall–Kier alpha value is -2.66. The number of hydrogen-bond donors (Lipinski definition) is 6. The highest BCUT2D eigenvalue weighted by Gasteiger charge is 2.54. The van der Waals surface area contributed by atoms with E-state index < -0.39 is 49.4 Å². The Kier molecular flexibility index (Phi) is 9.92. The lowest BCUT2D eigenvalue weighted by Gasteiger charge is -2.27. The Morgan fingerprint density at radius 1 is 1.33 bits per heavy atom. The van der Waals surface area contributed by atoms with Gasteiger partial charge < -0.3 is 25.8 Å². The van der Waals surface area contributed by atoms with Gasteiger partial charge in [-0.15, -0.1) is 0 Å². The number of nitrogens with one attached hydrogen (secondary N) is 2. The minimum atomic E-state index is -4.04. The first-order chi connectivity index (χ1) is 19.8. The largest absolute Gasteiger partial charge is 0.405 e. The molecule has 1 saturated heterocycles. The number of ether oxygens (including phenoxy) is 1. The summed E-state index contributed by atoms with van der Waals surface area (Å²) in [5, 5.41) is 34.0. The second-order valence-electron chi connectivity index (χ2n) is 10.6. The van der Waals surface area contributed by atoms with Gasteiger partial charge in [-0.05, 0) is 26.3 Å². The van der Waals surface area contributed by atoms with E-state index in [1.165, 1.54) is 17.8 Å². The van der Waals surface area contributed by atoms with Gasteiger partial charge in [0.05, 0.1) is 31.6 Å². The summed E-state index contributed by atoms with van der Waals surface area (Å²) in [7, 11) is -4.04. The number of fused-ring (bicyclic) bond motifs is 1. The van der Waals surface area contributed by atoms with Gasteiger partial charge in [0.1, 0.15) is 17.8 Å². The molecule has 1 aliphatic heterocycles. The van der Waals surface area contributed by atoms with Crippen LogP contribution in [0.4, 0.5) is 5.95 Å². The quantitative estimate of drug-likeness (QED) is 0.115. The van der Waals surface area contributed by atoms with Crippen molar-refractivity contribution in [3.8, 4) is 0 Å². The molecule has 0 radical (unpaired) electrons. The monoisotopic (exact) mass is 626 g/mol. The third-order valence-corrected chi connectivity index (χ3v) is 9.45. The van der Waals surface area contributed by atoms with Gasteiger partial charge in [-0.2, -0.15) is 4.98 Å². The van der Waals surface area contributed by atoms with Crippen LogP contribution in [0.15, 0.2) is 41.5 Å². The lowest BCUT2D eigenvalue weighted by atomic mass is 9.96. The molecule has 2 unspecified atom stereocenters. The van der Waals surface area contributed by atoms with Gasteiger partial charge >= 0.3 is 7.75 Å². The molecule has 42 heavy (non-hydrogen) atoms. The van der Waals surface area contributed by atoms with E-state index >= 15 is 0 Å². The topological polar surface area (TPSA) is 224 Å². The van der Waals surface area contributed by atoms with Crippen LogP contribution < -0.4 is 16.4 Å². The maximum atomic E-state index is 13.7. The fourth-order valence-corrected chi connectivity index (χ4v) is 6.37. The SMILES string of the molecule is CC(C)(CO)C(=O)SCCOP(=O)(NCc1ccccc1)OC[C@H]1O[C@@H](n2cnc3c(=O)[nH]c(N)nc32)C(C)(O)[C@H]1O. The van der Waals surface area contributed by atoms with Crippen LogP contribution >= 0.6 is 19.5 Å². The zero-order valence-electron chi connectivity index (χ0n) is 23.3. The third-order valence-electron chi connectivity index (χ3n) is 6.71. The molecule has 0 amide bonds. The van der Waals surface area contributed by atoms with Gasteiger partial charge in [0.25, 0.3) is 5.56 Å². The number of carbonyl (C=O) groups is 1. The standard InChI is InChI=1S/C25H35N6O9PS/c1-24(2,13-32)22(35)42-10-9-38-41(37,28-11-15-7-5-4-6-8-15)39-12-16-18(33)25(3,36)21(40-16)31-14-27-17-19(31)29-23(26)30-20(17)34/h4-8,14,16,18,21,32-33,36H,9-13H2,1-3H3,(H,28,37)(H3,26,29,30,34)/t16-,18+,21-,25?,41?/m1/s1. The van der Waals surface area contributed by atoms with Crippen molar-refractivity contribution >= 4 is 41.7 Å². The number of aromatic amines is 1. The van der Waals surface area contributed by atoms with E-state index in [-0.39, 0.29) is 47.7 Å². The number of anilines is 1. The molecular formula is C25H35N6O9PS. The number of aliphatic hydroxyl groups is 3. The summed E-state index contributed by atoms with van der Waals surface area (Å²) in [4.78, 5) is 34.9. The molecule has 230 valence electrons. The number of nitrogen functional groups attached to an aromatic ring is 1. The molecule has 4 rings (SSSR count). The molecule has 1 aromatic carbocycles. The van der Waals surface area contributed by atoms with Gasteiger partial charge in [-0.3, -0.25) is 28.2 Å². The van der Waals surface area contributed by atoms with Gasteiger partial charge in [0.2, 0.25) is 5.95 Å². The van der Waals surface area contributed by atoms with Crippen LogP contribution in [0.2, 0.25) is 0 Å². The van der Waals surface area contributed by atoms with Crippen LogP contribution in [-0.4, -0.2) is 83.3 Å². The van der Waals surface area contributed by atoms with Gasteiger partial charge in [-0.1, -0.05) is 42.1 Å². The number of H-pyrrole nitrogens is 1. The number of aliphatic hydroxyl groups excluding tert-OH is 2. The molecule has 1 aliphatic rings. The summed E-state index contributed by atoms with van der Waals surface area (Å²) < 4.78 is 32.1. The highest BCUT2D eigenvalue weighted by Crippen LogP contribution is 2.46. The van der Waals surface area contributed by atoms with Gasteiger partial charge in [0, 0.05) is 12.3 Å². The molecular weight excluding hydrogens is 591 g/mol. The van der Waals surface area contributed by atoms with Crippen LogP contribution in [0.3, 0.4) is 0 Å². The average molecular weight is 627 g/mol. The Bertz CT molecular complexity index is 1500. The molecule has 2 aromatic heterocycles. The van der Waals surface area contributed by atoms with E-state index in [0.717, 1.165) is 17.3 Å². The molecule has 1 fully saturated rings.